The van der Waals surface area contributed by atoms with Crippen LogP contribution in [0, 0.1) is 24.2 Å². The summed E-state index contributed by atoms with van der Waals surface area (Å²) in [6.07, 6.45) is 4.94. The average molecular weight is 286 g/mol. The van der Waals surface area contributed by atoms with Crippen molar-refractivity contribution in [2.24, 2.45) is 5.92 Å². The average Bonchev–Trinajstić information content (AvgIpc) is 3.33. The van der Waals surface area contributed by atoms with Gasteiger partial charge in [-0.3, -0.25) is 5.32 Å². The monoisotopic (exact) mass is 286 g/mol. The second-order valence-corrected chi connectivity index (χ2v) is 7.18. The van der Waals surface area contributed by atoms with Crippen LogP contribution in [0.4, 0.5) is 0 Å². The molecule has 0 bridgehead atoms. The summed E-state index contributed by atoms with van der Waals surface area (Å²) in [7, 11) is 0. The second kappa shape index (κ2) is 5.79. The minimum absolute atomic E-state index is 0.269. The quantitative estimate of drug-likeness (QED) is 0.831. The predicted molar refractivity (Wildman–Crippen MR) is 84.6 cm³/mol. The van der Waals surface area contributed by atoms with E-state index in [1.54, 1.807) is 0 Å². The zero-order valence-electron chi connectivity index (χ0n) is 12.1. The summed E-state index contributed by atoms with van der Waals surface area (Å²) in [5, 5.41) is 13.3. The maximum atomic E-state index is 9.69. The molecule has 0 amide bonds. The molecule has 0 radical (unpaired) electrons. The molecule has 2 nitrogen and oxygen atoms in total. The molecule has 2 aliphatic carbocycles. The van der Waals surface area contributed by atoms with E-state index in [1.165, 1.54) is 36.8 Å². The highest BCUT2D eigenvalue weighted by Gasteiger charge is 2.48. The van der Waals surface area contributed by atoms with Crippen molar-refractivity contribution >= 4 is 11.8 Å². The Balaban J connectivity index is 1.59. The number of thioether (sulfide) groups is 1. The zero-order valence-corrected chi connectivity index (χ0v) is 12.9. The van der Waals surface area contributed by atoms with Crippen molar-refractivity contribution in [3.63, 3.8) is 0 Å². The van der Waals surface area contributed by atoms with Gasteiger partial charge in [-0.25, -0.2) is 0 Å². The number of nitriles is 1. The summed E-state index contributed by atoms with van der Waals surface area (Å²) in [5.74, 6) is 2.51. The van der Waals surface area contributed by atoms with E-state index >= 15 is 0 Å². The maximum Gasteiger partial charge on any atom is 0.118 e. The van der Waals surface area contributed by atoms with Gasteiger partial charge in [0.15, 0.2) is 0 Å². The lowest BCUT2D eigenvalue weighted by Gasteiger charge is -2.28. The Labute approximate surface area is 125 Å². The molecule has 0 aromatic heterocycles. The number of hydrogen-bond acceptors (Lipinski definition) is 3. The molecule has 20 heavy (non-hydrogen) atoms. The zero-order chi connectivity index (χ0) is 14.0. The molecule has 2 aliphatic rings. The fraction of sp³-hybridized carbons (Fsp3) is 0.588. The summed E-state index contributed by atoms with van der Waals surface area (Å²) >= 11 is 1.91. The molecule has 0 spiro atoms. The van der Waals surface area contributed by atoms with Gasteiger partial charge in [0.25, 0.3) is 0 Å². The molecule has 3 rings (SSSR count). The second-order valence-electron chi connectivity index (χ2n) is 6.20. The van der Waals surface area contributed by atoms with Crippen LogP contribution in [-0.2, 0) is 5.75 Å². The van der Waals surface area contributed by atoms with Crippen LogP contribution in [0.1, 0.15) is 36.8 Å². The third-order valence-corrected chi connectivity index (χ3v) is 5.54. The largest absolute Gasteiger partial charge is 0.296 e. The highest BCUT2D eigenvalue weighted by molar-refractivity contribution is 7.98. The van der Waals surface area contributed by atoms with Crippen molar-refractivity contribution in [2.75, 3.05) is 5.75 Å². The van der Waals surface area contributed by atoms with Crippen LogP contribution in [0.3, 0.4) is 0 Å². The van der Waals surface area contributed by atoms with Crippen LogP contribution in [-0.4, -0.2) is 17.3 Å². The first-order valence-corrected chi connectivity index (χ1v) is 8.70. The minimum Gasteiger partial charge on any atom is -0.296 e. The first kappa shape index (κ1) is 14.0. The summed E-state index contributed by atoms with van der Waals surface area (Å²) in [6, 6.07) is 11.8. The Morgan fingerprint density at radius 3 is 2.65 bits per heavy atom. The van der Waals surface area contributed by atoms with Gasteiger partial charge in [0.05, 0.1) is 6.07 Å². The normalized spacial score (nSPS) is 21.2. The highest BCUT2D eigenvalue weighted by Crippen LogP contribution is 2.43. The van der Waals surface area contributed by atoms with Gasteiger partial charge in [0, 0.05) is 17.5 Å². The maximum absolute atomic E-state index is 9.69. The Morgan fingerprint density at radius 1 is 1.30 bits per heavy atom. The third-order valence-electron chi connectivity index (χ3n) is 4.36. The van der Waals surface area contributed by atoms with E-state index in [2.05, 4.69) is 42.6 Å². The Morgan fingerprint density at radius 2 is 2.05 bits per heavy atom. The van der Waals surface area contributed by atoms with Crippen LogP contribution in [0.15, 0.2) is 24.3 Å². The van der Waals surface area contributed by atoms with Gasteiger partial charge >= 0.3 is 0 Å². The van der Waals surface area contributed by atoms with E-state index in [1.807, 2.05) is 11.8 Å². The van der Waals surface area contributed by atoms with E-state index in [0.29, 0.717) is 12.0 Å². The number of nitrogens with zero attached hydrogens (tertiary/aromatic N) is 1. The van der Waals surface area contributed by atoms with Crippen LogP contribution >= 0.6 is 11.8 Å². The summed E-state index contributed by atoms with van der Waals surface area (Å²) in [4.78, 5) is 0. The smallest absolute Gasteiger partial charge is 0.118 e. The lowest BCUT2D eigenvalue weighted by atomic mass is 9.97. The van der Waals surface area contributed by atoms with Crippen molar-refractivity contribution in [1.82, 2.24) is 5.32 Å². The fourth-order valence-corrected chi connectivity index (χ4v) is 4.05. The molecule has 1 atom stereocenters. The predicted octanol–water partition coefficient (Wildman–Crippen LogP) is 3.65. The molecule has 3 heteroatoms. The molecule has 1 unspecified atom stereocenters. The number of nitrogens with one attached hydrogen (secondary N) is 1. The lowest BCUT2D eigenvalue weighted by molar-refractivity contribution is 0.401. The Bertz CT molecular complexity index is 514. The topological polar surface area (TPSA) is 35.8 Å². The molecular weight excluding hydrogens is 264 g/mol. The van der Waals surface area contributed by atoms with Crippen molar-refractivity contribution in [3.8, 4) is 6.07 Å². The van der Waals surface area contributed by atoms with Crippen molar-refractivity contribution in [2.45, 2.75) is 49.9 Å². The van der Waals surface area contributed by atoms with Gasteiger partial charge < -0.3 is 0 Å². The summed E-state index contributed by atoms with van der Waals surface area (Å²) in [5.41, 5.74) is 2.48. The summed E-state index contributed by atoms with van der Waals surface area (Å²) in [6.45, 7) is 2.16. The molecule has 106 valence electrons. The van der Waals surface area contributed by atoms with Gasteiger partial charge in [0.2, 0.25) is 0 Å². The van der Waals surface area contributed by atoms with Gasteiger partial charge in [-0.2, -0.15) is 17.0 Å². The minimum atomic E-state index is -0.269. The van der Waals surface area contributed by atoms with Crippen LogP contribution in [0.2, 0.25) is 0 Å². The van der Waals surface area contributed by atoms with Crippen LogP contribution in [0.5, 0.6) is 0 Å². The van der Waals surface area contributed by atoms with Crippen molar-refractivity contribution in [1.29, 1.82) is 5.26 Å². The molecule has 2 fully saturated rings. The van der Waals surface area contributed by atoms with Gasteiger partial charge in [-0.15, -0.1) is 0 Å². The first-order chi connectivity index (χ1) is 9.73. The van der Waals surface area contributed by atoms with Crippen LogP contribution in [0.25, 0.3) is 0 Å². The SMILES string of the molecule is Cc1ccccc1CSCC(C#N)(NC1CC1)C1CC1. The van der Waals surface area contributed by atoms with E-state index in [9.17, 15) is 5.26 Å². The van der Waals surface area contributed by atoms with Gasteiger partial charge in [-0.05, 0) is 49.7 Å². The highest BCUT2D eigenvalue weighted by atomic mass is 32.2. The number of rotatable bonds is 7. The third kappa shape index (κ3) is 3.19. The van der Waals surface area contributed by atoms with Crippen molar-refractivity contribution < 1.29 is 0 Å². The standard InChI is InChI=1S/C17H22N2S/c1-13-4-2-3-5-14(13)10-20-12-17(11-18,15-6-7-15)19-16-8-9-16/h2-5,15-16,19H,6-10,12H2,1H3. The molecule has 1 aromatic rings. The van der Waals surface area contributed by atoms with Crippen LogP contribution < -0.4 is 5.32 Å². The van der Waals surface area contributed by atoms with Crippen molar-refractivity contribution in [3.05, 3.63) is 35.4 Å². The lowest BCUT2D eigenvalue weighted by Crippen LogP contribution is -2.49. The Hall–Kier alpha value is -0.980. The molecule has 0 aliphatic heterocycles. The molecule has 0 saturated heterocycles. The van der Waals surface area contributed by atoms with Gasteiger partial charge in [-0.1, -0.05) is 24.3 Å². The first-order valence-electron chi connectivity index (χ1n) is 7.55. The fourth-order valence-electron chi connectivity index (χ4n) is 2.70. The van der Waals surface area contributed by atoms with E-state index in [0.717, 1.165) is 11.5 Å². The molecule has 1 aromatic carbocycles. The molecule has 2 saturated carbocycles. The van der Waals surface area contributed by atoms with E-state index in [4.69, 9.17) is 0 Å². The molecule has 0 heterocycles. The number of benzene rings is 1. The molecular formula is C17H22N2S. The number of aryl methyl sites for hydroxylation is 1. The number of hydrogen-bond donors (Lipinski definition) is 1. The van der Waals surface area contributed by atoms with Gasteiger partial charge in [0.1, 0.15) is 5.54 Å². The van der Waals surface area contributed by atoms with E-state index in [-0.39, 0.29) is 5.54 Å². The summed E-state index contributed by atoms with van der Waals surface area (Å²) < 4.78 is 0. The molecule has 1 N–H and O–H groups in total. The van der Waals surface area contributed by atoms with E-state index < -0.39 is 0 Å². The Kier molecular flexibility index (Phi) is 4.05.